The molecule has 0 aliphatic carbocycles. The van der Waals surface area contributed by atoms with Gasteiger partial charge in [-0.3, -0.25) is 9.59 Å². The Morgan fingerprint density at radius 2 is 2.14 bits per heavy atom. The van der Waals surface area contributed by atoms with Gasteiger partial charge in [0.1, 0.15) is 0 Å². The standard InChI is InChI=1S/C15H21N3O2S.ClH/c19-14(3-6-16-15(20)11-5-8-21-10-11)18-7-4-12-1-2-13(9-18)17-12;/h5,8,10,12-13,17H,1-4,6-7,9H2,(H,16,20);1H. The Morgan fingerprint density at radius 1 is 1.32 bits per heavy atom. The number of likely N-dealkylation sites (tertiary alicyclic amines) is 1. The molecule has 1 aromatic heterocycles. The molecule has 3 heterocycles. The highest BCUT2D eigenvalue weighted by Gasteiger charge is 2.30. The van der Waals surface area contributed by atoms with Gasteiger partial charge in [-0.2, -0.15) is 11.3 Å². The van der Waals surface area contributed by atoms with Crippen molar-refractivity contribution < 1.29 is 9.59 Å². The van der Waals surface area contributed by atoms with E-state index in [1.165, 1.54) is 24.2 Å². The van der Waals surface area contributed by atoms with Crippen molar-refractivity contribution in [1.82, 2.24) is 15.5 Å². The molecule has 2 amide bonds. The number of carbonyl (C=O) groups is 2. The predicted molar refractivity (Wildman–Crippen MR) is 89.7 cm³/mol. The quantitative estimate of drug-likeness (QED) is 0.873. The van der Waals surface area contributed by atoms with E-state index < -0.39 is 0 Å². The largest absolute Gasteiger partial charge is 0.351 e. The Hall–Kier alpha value is -1.11. The summed E-state index contributed by atoms with van der Waals surface area (Å²) in [5.41, 5.74) is 0.670. The first-order valence-electron chi connectivity index (χ1n) is 7.56. The highest BCUT2D eigenvalue weighted by Crippen LogP contribution is 2.20. The van der Waals surface area contributed by atoms with Crippen LogP contribution in [0.1, 0.15) is 36.0 Å². The van der Waals surface area contributed by atoms with Gasteiger partial charge in [-0.15, -0.1) is 12.4 Å². The Kier molecular flexibility index (Phi) is 6.23. The zero-order chi connectivity index (χ0) is 14.7. The van der Waals surface area contributed by atoms with E-state index in [0.717, 1.165) is 19.5 Å². The van der Waals surface area contributed by atoms with Crippen LogP contribution in [0.3, 0.4) is 0 Å². The summed E-state index contributed by atoms with van der Waals surface area (Å²) in [6, 6.07) is 2.84. The summed E-state index contributed by atoms with van der Waals surface area (Å²) in [5, 5.41) is 10.1. The molecule has 5 nitrogen and oxygen atoms in total. The van der Waals surface area contributed by atoms with Gasteiger partial charge in [0.15, 0.2) is 0 Å². The number of nitrogens with one attached hydrogen (secondary N) is 2. The second-order valence-electron chi connectivity index (χ2n) is 5.78. The molecule has 2 fully saturated rings. The van der Waals surface area contributed by atoms with Gasteiger partial charge in [0.05, 0.1) is 0 Å². The number of thiophene rings is 1. The average Bonchev–Trinajstić information content (AvgIpc) is 3.08. The number of carbonyl (C=O) groups excluding carboxylic acids is 2. The molecule has 7 heteroatoms. The topological polar surface area (TPSA) is 61.4 Å². The lowest BCUT2D eigenvalue weighted by molar-refractivity contribution is -0.131. The first-order valence-corrected chi connectivity index (χ1v) is 8.51. The minimum absolute atomic E-state index is 0. The van der Waals surface area contributed by atoms with Crippen LogP contribution >= 0.6 is 23.7 Å². The molecule has 2 unspecified atom stereocenters. The maximum atomic E-state index is 12.2. The van der Waals surface area contributed by atoms with E-state index in [9.17, 15) is 9.59 Å². The van der Waals surface area contributed by atoms with Crippen LogP contribution in [0.2, 0.25) is 0 Å². The van der Waals surface area contributed by atoms with Crippen molar-refractivity contribution in [2.45, 2.75) is 37.8 Å². The van der Waals surface area contributed by atoms with Gasteiger partial charge in [-0.1, -0.05) is 0 Å². The second-order valence-corrected chi connectivity index (χ2v) is 6.56. The molecule has 0 spiro atoms. The van der Waals surface area contributed by atoms with Gasteiger partial charge in [0.2, 0.25) is 5.91 Å². The molecule has 0 saturated carbocycles. The summed E-state index contributed by atoms with van der Waals surface area (Å²) in [7, 11) is 0. The molecule has 2 atom stereocenters. The van der Waals surface area contributed by atoms with Gasteiger partial charge in [-0.25, -0.2) is 0 Å². The summed E-state index contributed by atoms with van der Waals surface area (Å²) in [6.45, 7) is 2.06. The van der Waals surface area contributed by atoms with Crippen LogP contribution < -0.4 is 10.6 Å². The molecule has 2 N–H and O–H groups in total. The van der Waals surface area contributed by atoms with Crippen LogP contribution in [0.25, 0.3) is 0 Å². The first kappa shape index (κ1) is 17.2. The first-order chi connectivity index (χ1) is 10.2. The number of amides is 2. The fraction of sp³-hybridized carbons (Fsp3) is 0.600. The molecular formula is C15H22ClN3O2S. The van der Waals surface area contributed by atoms with Gasteiger partial charge in [0, 0.05) is 49.1 Å². The minimum Gasteiger partial charge on any atom is -0.351 e. The van der Waals surface area contributed by atoms with E-state index in [4.69, 9.17) is 0 Å². The molecular weight excluding hydrogens is 322 g/mol. The third-order valence-corrected chi connectivity index (χ3v) is 4.97. The van der Waals surface area contributed by atoms with Crippen LogP contribution in [0.4, 0.5) is 0 Å². The van der Waals surface area contributed by atoms with Crippen LogP contribution in [0, 0.1) is 0 Å². The maximum absolute atomic E-state index is 12.2. The number of hydrogen-bond acceptors (Lipinski definition) is 4. The number of rotatable bonds is 4. The van der Waals surface area contributed by atoms with Crippen molar-refractivity contribution >= 4 is 35.6 Å². The molecule has 2 aliphatic rings. The smallest absolute Gasteiger partial charge is 0.252 e. The van der Waals surface area contributed by atoms with Gasteiger partial charge >= 0.3 is 0 Å². The zero-order valence-electron chi connectivity index (χ0n) is 12.4. The van der Waals surface area contributed by atoms with Crippen molar-refractivity contribution in [1.29, 1.82) is 0 Å². The molecule has 122 valence electrons. The summed E-state index contributed by atoms with van der Waals surface area (Å²) < 4.78 is 0. The van der Waals surface area contributed by atoms with Gasteiger partial charge in [-0.05, 0) is 30.7 Å². The molecule has 2 bridgehead atoms. The predicted octanol–water partition coefficient (Wildman–Crippen LogP) is 1.64. The van der Waals surface area contributed by atoms with E-state index in [-0.39, 0.29) is 24.2 Å². The van der Waals surface area contributed by atoms with E-state index in [1.54, 1.807) is 6.07 Å². The Bertz CT molecular complexity index is 509. The van der Waals surface area contributed by atoms with Crippen molar-refractivity contribution in [2.75, 3.05) is 19.6 Å². The number of nitrogens with zero attached hydrogens (tertiary/aromatic N) is 1. The number of hydrogen-bond donors (Lipinski definition) is 2. The third kappa shape index (κ3) is 4.21. The SMILES string of the molecule is Cl.O=C(NCCC(=O)N1CCC2CCC(C1)N2)c1ccsc1. The molecule has 2 saturated heterocycles. The normalized spacial score (nSPS) is 23.5. The van der Waals surface area contributed by atoms with Gasteiger partial charge < -0.3 is 15.5 Å². The lowest BCUT2D eigenvalue weighted by Crippen LogP contribution is -2.40. The summed E-state index contributed by atoms with van der Waals surface area (Å²) >= 11 is 1.50. The Morgan fingerprint density at radius 3 is 2.91 bits per heavy atom. The molecule has 22 heavy (non-hydrogen) atoms. The number of halogens is 1. The summed E-state index contributed by atoms with van der Waals surface area (Å²) in [4.78, 5) is 26.0. The van der Waals surface area contributed by atoms with E-state index in [2.05, 4.69) is 10.6 Å². The minimum atomic E-state index is -0.0966. The van der Waals surface area contributed by atoms with Crippen molar-refractivity contribution in [3.63, 3.8) is 0 Å². The lowest BCUT2D eigenvalue weighted by Gasteiger charge is -2.24. The van der Waals surface area contributed by atoms with E-state index >= 15 is 0 Å². The molecule has 2 aliphatic heterocycles. The molecule has 0 radical (unpaired) electrons. The van der Waals surface area contributed by atoms with Crippen LogP contribution in [0.15, 0.2) is 16.8 Å². The fourth-order valence-corrected chi connectivity index (χ4v) is 3.74. The number of fused-ring (bicyclic) bond motifs is 2. The van der Waals surface area contributed by atoms with E-state index in [0.29, 0.717) is 30.6 Å². The molecule has 3 rings (SSSR count). The highest BCUT2D eigenvalue weighted by atomic mass is 35.5. The maximum Gasteiger partial charge on any atom is 0.252 e. The van der Waals surface area contributed by atoms with Crippen LogP contribution in [-0.2, 0) is 4.79 Å². The molecule has 1 aromatic rings. The average molecular weight is 344 g/mol. The van der Waals surface area contributed by atoms with E-state index in [1.807, 2.05) is 15.7 Å². The monoisotopic (exact) mass is 343 g/mol. The lowest BCUT2D eigenvalue weighted by atomic mass is 10.1. The van der Waals surface area contributed by atoms with Crippen molar-refractivity contribution in [3.05, 3.63) is 22.4 Å². The molecule has 0 aromatic carbocycles. The zero-order valence-corrected chi connectivity index (χ0v) is 14.0. The van der Waals surface area contributed by atoms with Crippen LogP contribution in [0.5, 0.6) is 0 Å². The van der Waals surface area contributed by atoms with Crippen molar-refractivity contribution in [3.8, 4) is 0 Å². The Labute approximate surface area is 140 Å². The summed E-state index contributed by atoms with van der Waals surface area (Å²) in [5.74, 6) is 0.0515. The fourth-order valence-electron chi connectivity index (χ4n) is 3.11. The second kappa shape index (κ2) is 7.94. The summed E-state index contributed by atoms with van der Waals surface area (Å²) in [6.07, 6.45) is 3.84. The Balaban J connectivity index is 0.00000176. The highest BCUT2D eigenvalue weighted by molar-refractivity contribution is 7.08. The van der Waals surface area contributed by atoms with Gasteiger partial charge in [0.25, 0.3) is 5.91 Å². The van der Waals surface area contributed by atoms with Crippen LogP contribution in [-0.4, -0.2) is 48.4 Å². The van der Waals surface area contributed by atoms with Crippen molar-refractivity contribution in [2.24, 2.45) is 0 Å². The third-order valence-electron chi connectivity index (χ3n) is 4.28.